The number of alkyl halides is 3. The fourth-order valence-electron chi connectivity index (χ4n) is 2.18. The average Bonchev–Trinajstić information content (AvgIpc) is 2.65. The molecule has 0 bridgehead atoms. The van der Waals surface area contributed by atoms with Gasteiger partial charge in [0.1, 0.15) is 5.69 Å². The van der Waals surface area contributed by atoms with Crippen LogP contribution in [-0.4, -0.2) is 14.9 Å². The van der Waals surface area contributed by atoms with Gasteiger partial charge in [-0.25, -0.2) is 0 Å². The van der Waals surface area contributed by atoms with Crippen LogP contribution in [0.15, 0.2) is 24.3 Å². The number of halogens is 3. The number of rotatable bonds is 1. The Balaban J connectivity index is 2.58. The fraction of sp³-hybridized carbons (Fsp3) is 0.400. The molecule has 1 heterocycles. The smallest absolute Gasteiger partial charge is 0.416 e. The van der Waals surface area contributed by atoms with E-state index in [1.165, 1.54) is 12.1 Å². The van der Waals surface area contributed by atoms with Gasteiger partial charge in [-0.3, -0.25) is 4.68 Å². The van der Waals surface area contributed by atoms with Crippen LogP contribution in [0.3, 0.4) is 0 Å². The predicted octanol–water partition coefficient (Wildman–Crippen LogP) is 4.34. The molecule has 3 nitrogen and oxygen atoms in total. The molecule has 0 atom stereocenters. The minimum atomic E-state index is -4.42. The van der Waals surface area contributed by atoms with E-state index in [0.29, 0.717) is 5.69 Å². The topological polar surface area (TPSA) is 38.1 Å². The van der Waals surface area contributed by atoms with E-state index in [4.69, 9.17) is 0 Å². The first-order chi connectivity index (χ1) is 9.51. The second-order valence-corrected chi connectivity index (χ2v) is 5.94. The number of aromatic nitrogens is 2. The molecule has 0 spiro atoms. The Morgan fingerprint density at radius 3 is 2.24 bits per heavy atom. The van der Waals surface area contributed by atoms with Gasteiger partial charge >= 0.3 is 6.18 Å². The number of aromatic hydroxyl groups is 1. The summed E-state index contributed by atoms with van der Waals surface area (Å²) in [5, 5.41) is 14.4. The fourth-order valence-corrected chi connectivity index (χ4v) is 2.18. The molecular weight excluding hydrogens is 281 g/mol. The van der Waals surface area contributed by atoms with E-state index in [2.05, 4.69) is 5.10 Å². The zero-order chi connectivity index (χ0) is 16.0. The summed E-state index contributed by atoms with van der Waals surface area (Å²) in [5.74, 6) is -0.0933. The summed E-state index contributed by atoms with van der Waals surface area (Å²) in [5.41, 5.74) is -0.208. The molecule has 0 saturated carbocycles. The highest BCUT2D eigenvalue weighted by Crippen LogP contribution is 2.36. The van der Waals surface area contributed by atoms with Crippen molar-refractivity contribution >= 4 is 0 Å². The lowest BCUT2D eigenvalue weighted by Crippen LogP contribution is -2.24. The second kappa shape index (κ2) is 4.79. The van der Waals surface area contributed by atoms with Crippen LogP contribution in [0.1, 0.15) is 32.0 Å². The number of hydrogen-bond acceptors (Lipinski definition) is 2. The summed E-state index contributed by atoms with van der Waals surface area (Å²) < 4.78 is 39.9. The van der Waals surface area contributed by atoms with E-state index in [1.807, 2.05) is 20.8 Å². The third-order valence-electron chi connectivity index (χ3n) is 3.18. The summed E-state index contributed by atoms with van der Waals surface area (Å²) >= 11 is 0. The van der Waals surface area contributed by atoms with Crippen molar-refractivity contribution < 1.29 is 18.3 Å². The minimum Gasteiger partial charge on any atom is -0.504 e. The maximum Gasteiger partial charge on any atom is 0.416 e. The summed E-state index contributed by atoms with van der Waals surface area (Å²) in [7, 11) is 0. The molecule has 0 radical (unpaired) electrons. The van der Waals surface area contributed by atoms with Crippen molar-refractivity contribution in [3.05, 3.63) is 35.5 Å². The summed E-state index contributed by atoms with van der Waals surface area (Å²) in [6.45, 7) is 7.40. The Labute approximate surface area is 121 Å². The monoisotopic (exact) mass is 298 g/mol. The summed E-state index contributed by atoms with van der Waals surface area (Å²) in [6, 6.07) is 4.80. The second-order valence-electron chi connectivity index (χ2n) is 5.94. The van der Waals surface area contributed by atoms with Crippen LogP contribution in [0.2, 0.25) is 0 Å². The lowest BCUT2D eigenvalue weighted by Gasteiger charge is -2.20. The van der Waals surface area contributed by atoms with Gasteiger partial charge in [0.25, 0.3) is 0 Å². The van der Waals surface area contributed by atoms with Crippen LogP contribution in [0.4, 0.5) is 13.2 Å². The molecule has 1 N–H and O–H groups in total. The summed E-state index contributed by atoms with van der Waals surface area (Å²) in [6.07, 6.45) is -4.42. The van der Waals surface area contributed by atoms with Gasteiger partial charge in [-0.05, 0) is 39.8 Å². The predicted molar refractivity (Wildman–Crippen MR) is 74.1 cm³/mol. The molecule has 6 heteroatoms. The Morgan fingerprint density at radius 1 is 1.14 bits per heavy atom. The largest absolute Gasteiger partial charge is 0.504 e. The Morgan fingerprint density at radius 2 is 1.76 bits per heavy atom. The first-order valence-corrected chi connectivity index (χ1v) is 6.48. The van der Waals surface area contributed by atoms with Gasteiger partial charge in [-0.2, -0.15) is 18.3 Å². The van der Waals surface area contributed by atoms with Gasteiger partial charge in [0.05, 0.1) is 16.8 Å². The molecule has 0 aliphatic carbocycles. The molecule has 114 valence electrons. The molecule has 0 aliphatic heterocycles. The zero-order valence-electron chi connectivity index (χ0n) is 12.3. The molecule has 2 aromatic rings. The minimum absolute atomic E-state index is 0.0933. The molecule has 21 heavy (non-hydrogen) atoms. The van der Waals surface area contributed by atoms with E-state index < -0.39 is 11.7 Å². The summed E-state index contributed by atoms with van der Waals surface area (Å²) in [4.78, 5) is 0. The van der Waals surface area contributed by atoms with Crippen LogP contribution in [0.5, 0.6) is 5.75 Å². The van der Waals surface area contributed by atoms with Gasteiger partial charge < -0.3 is 5.11 Å². The zero-order valence-corrected chi connectivity index (χ0v) is 12.3. The molecule has 1 aromatic carbocycles. The third-order valence-corrected chi connectivity index (χ3v) is 3.18. The van der Waals surface area contributed by atoms with Crippen LogP contribution < -0.4 is 0 Å². The van der Waals surface area contributed by atoms with Crippen molar-refractivity contribution in [1.29, 1.82) is 0 Å². The highest BCUT2D eigenvalue weighted by atomic mass is 19.4. The standard InChI is InChI=1S/C15H17F3N2O/c1-9-13(21)12(19-20(9)14(2,3)4)10-6-5-7-11(8-10)15(16,17)18/h5-8,21H,1-4H3. The first kappa shape index (κ1) is 15.4. The van der Waals surface area contributed by atoms with Crippen LogP contribution in [0, 0.1) is 6.92 Å². The van der Waals surface area contributed by atoms with Crippen molar-refractivity contribution in [2.24, 2.45) is 0 Å². The third kappa shape index (κ3) is 2.89. The van der Waals surface area contributed by atoms with Crippen LogP contribution in [-0.2, 0) is 11.7 Å². The first-order valence-electron chi connectivity index (χ1n) is 6.48. The Hall–Kier alpha value is -1.98. The van der Waals surface area contributed by atoms with E-state index in [0.717, 1.165) is 12.1 Å². The van der Waals surface area contributed by atoms with Gasteiger partial charge in [-0.1, -0.05) is 12.1 Å². The highest BCUT2D eigenvalue weighted by molar-refractivity contribution is 5.68. The Kier molecular flexibility index (Phi) is 3.51. The number of nitrogens with zero attached hydrogens (tertiary/aromatic N) is 2. The van der Waals surface area contributed by atoms with Crippen molar-refractivity contribution in [3.63, 3.8) is 0 Å². The van der Waals surface area contributed by atoms with Crippen molar-refractivity contribution in [2.45, 2.75) is 39.4 Å². The highest BCUT2D eigenvalue weighted by Gasteiger charge is 2.31. The van der Waals surface area contributed by atoms with E-state index >= 15 is 0 Å². The molecule has 1 aromatic heterocycles. The van der Waals surface area contributed by atoms with Gasteiger partial charge in [0.15, 0.2) is 5.75 Å². The van der Waals surface area contributed by atoms with E-state index in [1.54, 1.807) is 11.6 Å². The maximum atomic E-state index is 12.8. The van der Waals surface area contributed by atoms with Gasteiger partial charge in [-0.15, -0.1) is 0 Å². The molecule has 0 aliphatic rings. The molecule has 2 rings (SSSR count). The number of benzene rings is 1. The normalized spacial score (nSPS) is 12.7. The van der Waals surface area contributed by atoms with Gasteiger partial charge in [0.2, 0.25) is 0 Å². The SMILES string of the molecule is Cc1c(O)c(-c2cccc(C(F)(F)F)c2)nn1C(C)(C)C. The molecule has 0 saturated heterocycles. The lowest BCUT2D eigenvalue weighted by molar-refractivity contribution is -0.137. The molecule has 0 amide bonds. The molecular formula is C15H17F3N2O. The number of hydrogen-bond donors (Lipinski definition) is 1. The van der Waals surface area contributed by atoms with Crippen LogP contribution >= 0.6 is 0 Å². The molecule has 0 unspecified atom stereocenters. The maximum absolute atomic E-state index is 12.8. The van der Waals surface area contributed by atoms with Gasteiger partial charge in [0, 0.05) is 5.56 Å². The average molecular weight is 298 g/mol. The Bertz CT molecular complexity index is 667. The van der Waals surface area contributed by atoms with Crippen LogP contribution in [0.25, 0.3) is 11.3 Å². The van der Waals surface area contributed by atoms with Crippen molar-refractivity contribution in [3.8, 4) is 17.0 Å². The quantitative estimate of drug-likeness (QED) is 0.850. The van der Waals surface area contributed by atoms with Crippen molar-refractivity contribution in [2.75, 3.05) is 0 Å². The van der Waals surface area contributed by atoms with Crippen molar-refractivity contribution in [1.82, 2.24) is 9.78 Å². The van der Waals surface area contributed by atoms with E-state index in [-0.39, 0.29) is 22.5 Å². The lowest BCUT2D eigenvalue weighted by atomic mass is 10.1. The molecule has 0 fully saturated rings. The van der Waals surface area contributed by atoms with E-state index in [9.17, 15) is 18.3 Å².